The molecular formula is C25H25ClN6O. The number of carbonyl (C=O) groups excluding carboxylic acids is 1. The standard InChI is InChI=1S/C25H25ClN6O/c1-3-6-19(13-27-2)17-7-4-8-18(11-17)24-22(26)16-29-25(31-24)30-20-12-21(15-28-14-20)32-10-5-9-23(32)33/h4,6-8,11-16H,3,5,9-10H2,1-2H3,(H,29,30,31)/b19-6+,27-13?. The SMILES string of the molecule is CC/C=C(\C=NC)c1cccc(-c2nc(Nc3cncc(N4CCCC4=O)c3)ncc2Cl)c1. The molecule has 1 aliphatic heterocycles. The van der Waals surface area contributed by atoms with Crippen molar-refractivity contribution < 1.29 is 4.79 Å². The molecule has 1 amide bonds. The van der Waals surface area contributed by atoms with Crippen LogP contribution in [0.4, 0.5) is 17.3 Å². The molecule has 0 aliphatic carbocycles. The van der Waals surface area contributed by atoms with Crippen LogP contribution in [0.2, 0.25) is 5.02 Å². The molecule has 0 radical (unpaired) electrons. The van der Waals surface area contributed by atoms with E-state index in [2.05, 4.69) is 38.3 Å². The third kappa shape index (κ3) is 5.26. The number of halogens is 1. The van der Waals surface area contributed by atoms with Gasteiger partial charge in [0.05, 0.1) is 40.7 Å². The van der Waals surface area contributed by atoms with Crippen molar-refractivity contribution >= 4 is 46.6 Å². The Bertz CT molecular complexity index is 1220. The van der Waals surface area contributed by atoms with Crippen molar-refractivity contribution in [1.29, 1.82) is 0 Å². The van der Waals surface area contributed by atoms with E-state index in [9.17, 15) is 4.79 Å². The van der Waals surface area contributed by atoms with Gasteiger partial charge in [-0.15, -0.1) is 0 Å². The number of carbonyl (C=O) groups is 1. The lowest BCUT2D eigenvalue weighted by Crippen LogP contribution is -2.23. The Morgan fingerprint density at radius 3 is 2.91 bits per heavy atom. The van der Waals surface area contributed by atoms with Gasteiger partial charge >= 0.3 is 0 Å². The average molecular weight is 461 g/mol. The van der Waals surface area contributed by atoms with E-state index in [4.69, 9.17) is 11.6 Å². The number of hydrogen-bond acceptors (Lipinski definition) is 6. The van der Waals surface area contributed by atoms with E-state index >= 15 is 0 Å². The number of aromatic nitrogens is 3. The molecule has 4 rings (SSSR count). The Morgan fingerprint density at radius 1 is 1.27 bits per heavy atom. The van der Waals surface area contributed by atoms with E-state index in [0.717, 1.165) is 35.2 Å². The first-order chi connectivity index (χ1) is 16.1. The summed E-state index contributed by atoms with van der Waals surface area (Å²) in [4.78, 5) is 31.2. The number of allylic oxidation sites excluding steroid dienone is 2. The largest absolute Gasteiger partial charge is 0.323 e. The Morgan fingerprint density at radius 2 is 2.15 bits per heavy atom. The van der Waals surface area contributed by atoms with Crippen LogP contribution in [0, 0.1) is 0 Å². The van der Waals surface area contributed by atoms with Gasteiger partial charge in [-0.05, 0) is 36.1 Å². The van der Waals surface area contributed by atoms with E-state index in [1.165, 1.54) is 0 Å². The van der Waals surface area contributed by atoms with Crippen molar-refractivity contribution in [3.8, 4) is 11.3 Å². The maximum Gasteiger partial charge on any atom is 0.227 e. The second-order valence-corrected chi connectivity index (χ2v) is 8.04. The number of benzene rings is 1. The van der Waals surface area contributed by atoms with Gasteiger partial charge in [-0.2, -0.15) is 0 Å². The molecule has 0 bridgehead atoms. The number of anilines is 3. The summed E-state index contributed by atoms with van der Waals surface area (Å²) in [5, 5.41) is 3.64. The van der Waals surface area contributed by atoms with Gasteiger partial charge < -0.3 is 10.2 Å². The van der Waals surface area contributed by atoms with Crippen LogP contribution in [-0.2, 0) is 4.79 Å². The predicted molar refractivity (Wildman–Crippen MR) is 134 cm³/mol. The van der Waals surface area contributed by atoms with Crippen LogP contribution in [0.25, 0.3) is 16.8 Å². The molecule has 1 aliphatic rings. The highest BCUT2D eigenvalue weighted by atomic mass is 35.5. The van der Waals surface area contributed by atoms with Crippen molar-refractivity contribution in [1.82, 2.24) is 15.0 Å². The minimum atomic E-state index is 0.114. The fourth-order valence-electron chi connectivity index (χ4n) is 3.77. The Balaban J connectivity index is 1.63. The molecule has 8 heteroatoms. The fraction of sp³-hybridized carbons (Fsp3) is 0.240. The van der Waals surface area contributed by atoms with E-state index in [1.807, 2.05) is 36.5 Å². The van der Waals surface area contributed by atoms with Crippen molar-refractivity contribution in [2.24, 2.45) is 4.99 Å². The quantitative estimate of drug-likeness (QED) is 0.467. The predicted octanol–water partition coefficient (Wildman–Crippen LogP) is 5.56. The minimum Gasteiger partial charge on any atom is -0.323 e. The highest BCUT2D eigenvalue weighted by Crippen LogP contribution is 2.30. The molecule has 168 valence electrons. The Kier molecular flexibility index (Phi) is 7.10. The van der Waals surface area contributed by atoms with Crippen LogP contribution in [0.3, 0.4) is 0 Å². The lowest BCUT2D eigenvalue weighted by atomic mass is 10.0. The van der Waals surface area contributed by atoms with Crippen LogP contribution in [0.15, 0.2) is 60.0 Å². The molecule has 33 heavy (non-hydrogen) atoms. The number of hydrogen-bond donors (Lipinski definition) is 1. The molecule has 1 fully saturated rings. The summed E-state index contributed by atoms with van der Waals surface area (Å²) in [5.41, 5.74) is 5.04. The lowest BCUT2D eigenvalue weighted by Gasteiger charge is -2.16. The van der Waals surface area contributed by atoms with Crippen LogP contribution in [0.1, 0.15) is 31.7 Å². The molecule has 1 aromatic carbocycles. The normalized spacial score (nSPS) is 14.3. The molecule has 2 aromatic heterocycles. The monoisotopic (exact) mass is 460 g/mol. The van der Waals surface area contributed by atoms with Crippen molar-refractivity contribution in [3.05, 3.63) is 65.6 Å². The van der Waals surface area contributed by atoms with Crippen molar-refractivity contribution in [2.75, 3.05) is 23.8 Å². The Hall–Kier alpha value is -3.58. The molecule has 0 unspecified atom stereocenters. The zero-order valence-electron chi connectivity index (χ0n) is 18.6. The summed E-state index contributed by atoms with van der Waals surface area (Å²) < 4.78 is 0. The number of amides is 1. The first kappa shape index (κ1) is 22.6. The van der Waals surface area contributed by atoms with Gasteiger partial charge in [0, 0.05) is 31.8 Å². The fourth-order valence-corrected chi connectivity index (χ4v) is 3.97. The lowest BCUT2D eigenvalue weighted by molar-refractivity contribution is -0.117. The average Bonchev–Trinajstić information content (AvgIpc) is 3.26. The van der Waals surface area contributed by atoms with Crippen LogP contribution in [-0.4, -0.2) is 40.7 Å². The van der Waals surface area contributed by atoms with Gasteiger partial charge in [0.25, 0.3) is 0 Å². The summed E-state index contributed by atoms with van der Waals surface area (Å²) >= 11 is 6.47. The molecular weight excluding hydrogens is 436 g/mol. The molecule has 0 saturated carbocycles. The maximum absolute atomic E-state index is 12.1. The van der Waals surface area contributed by atoms with Crippen LogP contribution in [0.5, 0.6) is 0 Å². The zero-order chi connectivity index (χ0) is 23.2. The number of nitrogens with zero attached hydrogens (tertiary/aromatic N) is 5. The second-order valence-electron chi connectivity index (χ2n) is 7.63. The molecule has 3 heterocycles. The van der Waals surface area contributed by atoms with Gasteiger partial charge in [-0.1, -0.05) is 42.8 Å². The van der Waals surface area contributed by atoms with Crippen molar-refractivity contribution in [2.45, 2.75) is 26.2 Å². The Labute approximate surface area is 198 Å². The molecule has 7 nitrogen and oxygen atoms in total. The van der Waals surface area contributed by atoms with E-state index < -0.39 is 0 Å². The highest BCUT2D eigenvalue weighted by molar-refractivity contribution is 6.33. The third-order valence-corrected chi connectivity index (χ3v) is 5.55. The van der Waals surface area contributed by atoms with E-state index in [1.54, 1.807) is 30.5 Å². The van der Waals surface area contributed by atoms with Gasteiger partial charge in [0.1, 0.15) is 0 Å². The first-order valence-corrected chi connectivity index (χ1v) is 11.2. The highest BCUT2D eigenvalue weighted by Gasteiger charge is 2.22. The molecule has 0 spiro atoms. The first-order valence-electron chi connectivity index (χ1n) is 10.9. The second kappa shape index (κ2) is 10.4. The van der Waals surface area contributed by atoms with E-state index in [0.29, 0.717) is 35.3 Å². The van der Waals surface area contributed by atoms with Gasteiger partial charge in [0.2, 0.25) is 11.9 Å². The van der Waals surface area contributed by atoms with E-state index in [-0.39, 0.29) is 5.91 Å². The molecule has 1 saturated heterocycles. The number of nitrogens with one attached hydrogen (secondary N) is 1. The van der Waals surface area contributed by atoms with Gasteiger partial charge in [0.15, 0.2) is 0 Å². The summed E-state index contributed by atoms with van der Waals surface area (Å²) in [6.07, 6.45) is 11.3. The number of aliphatic imine (C=N–C) groups is 1. The summed E-state index contributed by atoms with van der Waals surface area (Å²) in [7, 11) is 1.76. The molecule has 3 aromatic rings. The number of rotatable bonds is 7. The smallest absolute Gasteiger partial charge is 0.227 e. The maximum atomic E-state index is 12.1. The van der Waals surface area contributed by atoms with Crippen molar-refractivity contribution in [3.63, 3.8) is 0 Å². The minimum absolute atomic E-state index is 0.114. The summed E-state index contributed by atoms with van der Waals surface area (Å²) in [5.74, 6) is 0.509. The van der Waals surface area contributed by atoms with Crippen LogP contribution < -0.4 is 10.2 Å². The summed E-state index contributed by atoms with van der Waals surface area (Å²) in [6.45, 7) is 2.80. The molecule has 1 N–H and O–H groups in total. The zero-order valence-corrected chi connectivity index (χ0v) is 19.4. The van der Waals surface area contributed by atoms with Crippen LogP contribution >= 0.6 is 11.6 Å². The van der Waals surface area contributed by atoms with Gasteiger partial charge in [-0.3, -0.25) is 14.8 Å². The topological polar surface area (TPSA) is 83.4 Å². The number of pyridine rings is 1. The molecule has 0 atom stereocenters. The summed E-state index contributed by atoms with van der Waals surface area (Å²) in [6, 6.07) is 9.90. The third-order valence-electron chi connectivity index (χ3n) is 5.27. The van der Waals surface area contributed by atoms with Gasteiger partial charge in [-0.25, -0.2) is 9.97 Å².